The van der Waals surface area contributed by atoms with Crippen LogP contribution in [0.2, 0.25) is 0 Å². The van der Waals surface area contributed by atoms with Gasteiger partial charge in [-0.15, -0.1) is 0 Å². The second-order valence-corrected chi connectivity index (χ2v) is 9.10. The number of nitrogens with zero attached hydrogens (tertiary/aromatic N) is 2. The van der Waals surface area contributed by atoms with E-state index in [2.05, 4.69) is 9.97 Å². The molecule has 2 rings (SSSR count). The van der Waals surface area contributed by atoms with Gasteiger partial charge in [0.05, 0.1) is 31.1 Å². The lowest BCUT2D eigenvalue weighted by Crippen LogP contribution is -2.40. The number of aryl methyl sites for hydroxylation is 1. The van der Waals surface area contributed by atoms with Gasteiger partial charge in [-0.3, -0.25) is 9.69 Å². The molecule has 2 atom stereocenters. The fourth-order valence-corrected chi connectivity index (χ4v) is 3.49. The van der Waals surface area contributed by atoms with E-state index in [9.17, 15) is 14.7 Å². The average molecular weight is 476 g/mol. The molecule has 0 bridgehead atoms. The van der Waals surface area contributed by atoms with E-state index in [-0.39, 0.29) is 17.6 Å². The van der Waals surface area contributed by atoms with Crippen LogP contribution in [0.1, 0.15) is 63.7 Å². The first-order valence-corrected chi connectivity index (χ1v) is 11.5. The monoisotopic (exact) mass is 475 g/mol. The number of aromatic amines is 1. The number of hydrogen-bond donors (Lipinski definition) is 2. The molecule has 0 fully saturated rings. The van der Waals surface area contributed by atoms with E-state index in [4.69, 9.17) is 14.2 Å². The molecule has 2 aromatic rings. The van der Waals surface area contributed by atoms with Crippen LogP contribution in [0.4, 0.5) is 4.79 Å². The Labute approximate surface area is 201 Å². The van der Waals surface area contributed by atoms with Crippen LogP contribution < -0.4 is 5.56 Å². The Bertz CT molecular complexity index is 971. The molecule has 1 unspecified atom stereocenters. The molecule has 1 aromatic carbocycles. The molecule has 34 heavy (non-hydrogen) atoms. The lowest BCUT2D eigenvalue weighted by atomic mass is 10.1. The van der Waals surface area contributed by atoms with E-state index in [0.29, 0.717) is 32.6 Å². The zero-order valence-corrected chi connectivity index (χ0v) is 21.0. The smallest absolute Gasteiger partial charge is 0.410 e. The van der Waals surface area contributed by atoms with Crippen molar-refractivity contribution in [3.05, 3.63) is 57.8 Å². The number of ether oxygens (including phenoxy) is 3. The van der Waals surface area contributed by atoms with Crippen LogP contribution in [0.25, 0.3) is 0 Å². The van der Waals surface area contributed by atoms with Crippen LogP contribution in [-0.4, -0.2) is 58.0 Å². The first-order valence-electron chi connectivity index (χ1n) is 11.5. The van der Waals surface area contributed by atoms with Crippen molar-refractivity contribution in [1.82, 2.24) is 14.9 Å². The van der Waals surface area contributed by atoms with Crippen molar-refractivity contribution < 1.29 is 24.1 Å². The molecule has 0 saturated heterocycles. The fraction of sp³-hybridized carbons (Fsp3) is 0.560. The molecular formula is C25H37N3O6. The summed E-state index contributed by atoms with van der Waals surface area (Å²) in [4.78, 5) is 33.7. The molecule has 0 aliphatic heterocycles. The first-order chi connectivity index (χ1) is 16.1. The van der Waals surface area contributed by atoms with Crippen molar-refractivity contribution in [2.24, 2.45) is 0 Å². The Balaban J connectivity index is 2.19. The summed E-state index contributed by atoms with van der Waals surface area (Å²) in [5.74, 6) is -0.153. The lowest BCUT2D eigenvalue weighted by molar-refractivity contribution is -0.0105. The number of benzene rings is 1. The Morgan fingerprint density at radius 3 is 2.44 bits per heavy atom. The molecule has 2 N–H and O–H groups in total. The number of carbonyl (C=O) groups is 1. The van der Waals surface area contributed by atoms with Gasteiger partial charge in [0.1, 0.15) is 11.4 Å². The van der Waals surface area contributed by atoms with Gasteiger partial charge in [0.25, 0.3) is 5.56 Å². The van der Waals surface area contributed by atoms with Crippen molar-refractivity contribution in [2.75, 3.05) is 20.3 Å². The molecule has 1 amide bonds. The standard InChI is InChI=1S/C25H37N3O6/c1-7-28(24(31)34-25(3,4)5)20(22-26-17(2)21(29)23(30)27-22)14-13-19(32-6)16-33-15-18-11-9-8-10-12-18/h8-12,19-20,29H,7,13-16H2,1-6H3,(H,26,27,30)/t19-,20?/m0/s1. The van der Waals surface area contributed by atoms with Crippen LogP contribution in [0.15, 0.2) is 35.1 Å². The number of aromatic nitrogens is 2. The summed E-state index contributed by atoms with van der Waals surface area (Å²) in [6.07, 6.45) is 0.239. The van der Waals surface area contributed by atoms with Gasteiger partial charge in [-0.2, -0.15) is 0 Å². The minimum absolute atomic E-state index is 0.193. The van der Waals surface area contributed by atoms with Crippen LogP contribution in [0.3, 0.4) is 0 Å². The summed E-state index contributed by atoms with van der Waals surface area (Å²) in [5.41, 5.74) is -0.0689. The summed E-state index contributed by atoms with van der Waals surface area (Å²) in [7, 11) is 1.61. The highest BCUT2D eigenvalue weighted by Gasteiger charge is 2.31. The van der Waals surface area contributed by atoms with E-state index in [1.165, 1.54) is 4.90 Å². The summed E-state index contributed by atoms with van der Waals surface area (Å²) < 4.78 is 17.0. The Morgan fingerprint density at radius 1 is 1.21 bits per heavy atom. The summed E-state index contributed by atoms with van der Waals surface area (Å²) >= 11 is 0. The second-order valence-electron chi connectivity index (χ2n) is 9.10. The van der Waals surface area contributed by atoms with Crippen molar-refractivity contribution in [3.8, 4) is 5.75 Å². The minimum Gasteiger partial charge on any atom is -0.502 e. The minimum atomic E-state index is -0.679. The number of rotatable bonds is 11. The quantitative estimate of drug-likeness (QED) is 0.503. The normalized spacial score (nSPS) is 13.4. The maximum Gasteiger partial charge on any atom is 0.410 e. The van der Waals surface area contributed by atoms with Crippen LogP contribution >= 0.6 is 0 Å². The summed E-state index contributed by atoms with van der Waals surface area (Å²) in [5, 5.41) is 9.87. The Hall–Kier alpha value is -2.91. The van der Waals surface area contributed by atoms with E-state index in [1.54, 1.807) is 34.8 Å². The molecule has 0 saturated carbocycles. The van der Waals surface area contributed by atoms with E-state index in [0.717, 1.165) is 5.56 Å². The van der Waals surface area contributed by atoms with Crippen LogP contribution in [0, 0.1) is 6.92 Å². The number of methoxy groups -OCH3 is 1. The lowest BCUT2D eigenvalue weighted by Gasteiger charge is -2.33. The van der Waals surface area contributed by atoms with Gasteiger partial charge in [0, 0.05) is 13.7 Å². The third-order valence-corrected chi connectivity index (χ3v) is 5.26. The highest BCUT2D eigenvalue weighted by atomic mass is 16.6. The highest BCUT2D eigenvalue weighted by molar-refractivity contribution is 5.68. The van der Waals surface area contributed by atoms with Crippen molar-refractivity contribution in [2.45, 2.75) is 71.8 Å². The summed E-state index contributed by atoms with van der Waals surface area (Å²) in [6, 6.07) is 9.27. The van der Waals surface area contributed by atoms with Gasteiger partial charge >= 0.3 is 6.09 Å². The number of carbonyl (C=O) groups excluding carboxylic acids is 1. The third kappa shape index (κ3) is 8.14. The van der Waals surface area contributed by atoms with Gasteiger partial charge in [0.2, 0.25) is 5.75 Å². The molecule has 9 heteroatoms. The largest absolute Gasteiger partial charge is 0.502 e. The maximum absolute atomic E-state index is 13.0. The average Bonchev–Trinajstić information content (AvgIpc) is 2.77. The molecule has 188 valence electrons. The number of H-pyrrole nitrogens is 1. The van der Waals surface area contributed by atoms with E-state index in [1.807, 2.05) is 37.3 Å². The number of nitrogens with one attached hydrogen (secondary N) is 1. The number of amides is 1. The number of hydrogen-bond acceptors (Lipinski definition) is 7. The Morgan fingerprint density at radius 2 is 1.88 bits per heavy atom. The fourth-order valence-electron chi connectivity index (χ4n) is 3.49. The SMILES string of the molecule is CCN(C(=O)OC(C)(C)C)C(CC[C@@H](COCc1ccccc1)OC)c1nc(C)c(O)c(=O)[nH]1. The predicted molar refractivity (Wildman–Crippen MR) is 129 cm³/mol. The topological polar surface area (TPSA) is 114 Å². The zero-order valence-electron chi connectivity index (χ0n) is 21.0. The molecule has 0 radical (unpaired) electrons. The van der Waals surface area contributed by atoms with Crippen LogP contribution in [-0.2, 0) is 20.8 Å². The molecule has 9 nitrogen and oxygen atoms in total. The second kappa shape index (κ2) is 12.5. The summed E-state index contributed by atoms with van der Waals surface area (Å²) in [6.45, 7) is 9.94. The molecule has 1 heterocycles. The van der Waals surface area contributed by atoms with Gasteiger partial charge in [-0.1, -0.05) is 30.3 Å². The highest BCUT2D eigenvalue weighted by Crippen LogP contribution is 2.27. The molecule has 0 aliphatic carbocycles. The Kier molecular flexibility index (Phi) is 10.1. The van der Waals surface area contributed by atoms with Crippen LogP contribution in [0.5, 0.6) is 5.75 Å². The van der Waals surface area contributed by atoms with Gasteiger partial charge in [-0.05, 0) is 53.0 Å². The van der Waals surface area contributed by atoms with Crippen molar-refractivity contribution in [3.63, 3.8) is 0 Å². The predicted octanol–water partition coefficient (Wildman–Crippen LogP) is 4.09. The molecular weight excluding hydrogens is 438 g/mol. The molecule has 1 aromatic heterocycles. The maximum atomic E-state index is 13.0. The molecule has 0 aliphatic rings. The molecule has 0 spiro atoms. The third-order valence-electron chi connectivity index (χ3n) is 5.26. The van der Waals surface area contributed by atoms with Crippen molar-refractivity contribution in [1.29, 1.82) is 0 Å². The van der Waals surface area contributed by atoms with Gasteiger partial charge in [0.15, 0.2) is 0 Å². The van der Waals surface area contributed by atoms with Crippen molar-refractivity contribution >= 4 is 6.09 Å². The van der Waals surface area contributed by atoms with Gasteiger partial charge in [-0.25, -0.2) is 9.78 Å². The first kappa shape index (κ1) is 27.3. The van der Waals surface area contributed by atoms with E-state index >= 15 is 0 Å². The van der Waals surface area contributed by atoms with Gasteiger partial charge < -0.3 is 24.3 Å². The zero-order chi connectivity index (χ0) is 25.3. The number of aromatic hydroxyl groups is 1. The van der Waals surface area contributed by atoms with E-state index < -0.39 is 29.0 Å².